The lowest BCUT2D eigenvalue weighted by Gasteiger charge is -2.51. The second kappa shape index (κ2) is 8.91. The molecule has 2 aliphatic carbocycles. The first-order valence-corrected chi connectivity index (χ1v) is 12.0. The number of rotatable bonds is 2. The summed E-state index contributed by atoms with van der Waals surface area (Å²) in [6.45, 7) is 9.24. The fourth-order valence-electron chi connectivity index (χ4n) is 6.39. The summed E-state index contributed by atoms with van der Waals surface area (Å²) in [6, 6.07) is 9.57. The van der Waals surface area contributed by atoms with Crippen molar-refractivity contribution in [3.8, 4) is 0 Å². The average molecular weight is 466 g/mol. The quantitative estimate of drug-likeness (QED) is 0.502. The van der Waals surface area contributed by atoms with Crippen molar-refractivity contribution in [1.82, 2.24) is 5.32 Å². The molecule has 0 bridgehead atoms. The third-order valence-corrected chi connectivity index (χ3v) is 8.26. The van der Waals surface area contributed by atoms with Crippen molar-refractivity contribution in [3.63, 3.8) is 0 Å². The molecule has 34 heavy (non-hydrogen) atoms. The normalized spacial score (nSPS) is 42.5. The first-order chi connectivity index (χ1) is 16.0. The molecule has 0 aromatic heterocycles. The predicted molar refractivity (Wildman–Crippen MR) is 129 cm³/mol. The zero-order valence-corrected chi connectivity index (χ0v) is 20.0. The van der Waals surface area contributed by atoms with Gasteiger partial charge in [-0.05, 0) is 42.9 Å². The van der Waals surface area contributed by atoms with Crippen molar-refractivity contribution in [2.24, 2.45) is 29.1 Å². The summed E-state index contributed by atoms with van der Waals surface area (Å²) >= 11 is 0. The lowest BCUT2D eigenvalue weighted by Crippen LogP contribution is -2.59. The molecule has 1 saturated carbocycles. The Bertz CT molecular complexity index is 1030. The van der Waals surface area contributed by atoms with Gasteiger partial charge in [-0.3, -0.25) is 9.59 Å². The second-order valence-electron chi connectivity index (χ2n) is 10.4. The molecule has 182 valence electrons. The molecule has 6 nitrogen and oxygen atoms in total. The Kier molecular flexibility index (Phi) is 6.44. The summed E-state index contributed by atoms with van der Waals surface area (Å²) in [7, 11) is 0. The van der Waals surface area contributed by atoms with E-state index in [1.54, 1.807) is 19.1 Å². The van der Waals surface area contributed by atoms with E-state index in [1.807, 2.05) is 37.3 Å². The number of ketones is 1. The van der Waals surface area contributed by atoms with Gasteiger partial charge in [0, 0.05) is 23.8 Å². The van der Waals surface area contributed by atoms with E-state index in [0.29, 0.717) is 18.4 Å². The van der Waals surface area contributed by atoms with Crippen LogP contribution in [0.5, 0.6) is 0 Å². The van der Waals surface area contributed by atoms with Gasteiger partial charge in [-0.1, -0.05) is 69.0 Å². The van der Waals surface area contributed by atoms with Gasteiger partial charge in [0.05, 0.1) is 17.6 Å². The monoisotopic (exact) mass is 465 g/mol. The summed E-state index contributed by atoms with van der Waals surface area (Å²) in [6.07, 6.45) is 4.77. The van der Waals surface area contributed by atoms with Crippen LogP contribution < -0.4 is 5.32 Å². The predicted octanol–water partition coefficient (Wildman–Crippen LogP) is 2.35. The summed E-state index contributed by atoms with van der Waals surface area (Å²) < 4.78 is 0. The Hall–Kier alpha value is -2.54. The van der Waals surface area contributed by atoms with E-state index in [2.05, 4.69) is 11.9 Å². The van der Waals surface area contributed by atoms with Crippen LogP contribution in [-0.2, 0) is 16.0 Å². The Morgan fingerprint density at radius 2 is 1.79 bits per heavy atom. The number of aliphatic hydroxyl groups excluding tert-OH is 2. The maximum absolute atomic E-state index is 13.8. The molecule has 1 saturated heterocycles. The van der Waals surface area contributed by atoms with Gasteiger partial charge in [-0.25, -0.2) is 0 Å². The number of allylic oxidation sites excluding steroid dienone is 1. The SMILES string of the molecule is C=C1[C@@H](C)[C@H]2[C@@H](Cc3ccccc3)NC(=O)[C@@]23[C@H](O)C=C[C@@](C)(O)C(=O)C(C)CC=C[C@H]3[C@@H]1O. The third-order valence-electron chi connectivity index (χ3n) is 8.26. The van der Waals surface area contributed by atoms with Crippen LogP contribution in [-0.4, -0.2) is 50.9 Å². The Balaban J connectivity index is 1.87. The van der Waals surface area contributed by atoms with Crippen LogP contribution in [0.25, 0.3) is 0 Å². The maximum atomic E-state index is 13.8. The van der Waals surface area contributed by atoms with E-state index in [1.165, 1.54) is 19.1 Å². The maximum Gasteiger partial charge on any atom is 0.230 e. The Morgan fingerprint density at radius 1 is 1.12 bits per heavy atom. The minimum Gasteiger partial charge on any atom is -0.388 e. The number of hydrogen-bond donors (Lipinski definition) is 4. The van der Waals surface area contributed by atoms with Gasteiger partial charge < -0.3 is 20.6 Å². The van der Waals surface area contributed by atoms with Crippen molar-refractivity contribution in [2.45, 2.75) is 57.5 Å². The van der Waals surface area contributed by atoms with Gasteiger partial charge in [0.1, 0.15) is 5.60 Å². The minimum absolute atomic E-state index is 0.249. The summed E-state index contributed by atoms with van der Waals surface area (Å²) in [5.74, 6) is -2.50. The molecule has 1 amide bonds. The molecule has 1 heterocycles. The molecule has 1 aromatic rings. The fourth-order valence-corrected chi connectivity index (χ4v) is 6.39. The number of benzene rings is 1. The molecule has 1 aromatic carbocycles. The van der Waals surface area contributed by atoms with Gasteiger partial charge in [0.15, 0.2) is 5.78 Å². The number of aliphatic hydroxyl groups is 3. The molecule has 6 heteroatoms. The fraction of sp³-hybridized carbons (Fsp3) is 0.500. The van der Waals surface area contributed by atoms with Gasteiger partial charge in [-0.2, -0.15) is 0 Å². The van der Waals surface area contributed by atoms with Crippen LogP contribution >= 0.6 is 0 Å². The highest BCUT2D eigenvalue weighted by Crippen LogP contribution is 2.57. The van der Waals surface area contributed by atoms with E-state index in [4.69, 9.17) is 0 Å². The molecular formula is C28H35NO5. The highest BCUT2D eigenvalue weighted by Gasteiger charge is 2.67. The zero-order chi connectivity index (χ0) is 24.8. The number of carbonyl (C=O) groups excluding carboxylic acids is 2. The van der Waals surface area contributed by atoms with Crippen LogP contribution in [0.1, 0.15) is 32.8 Å². The van der Waals surface area contributed by atoms with Crippen LogP contribution in [0.4, 0.5) is 0 Å². The van der Waals surface area contributed by atoms with Gasteiger partial charge in [-0.15, -0.1) is 0 Å². The van der Waals surface area contributed by atoms with E-state index >= 15 is 0 Å². The van der Waals surface area contributed by atoms with Crippen molar-refractivity contribution in [2.75, 3.05) is 0 Å². The van der Waals surface area contributed by atoms with Crippen molar-refractivity contribution in [1.29, 1.82) is 0 Å². The van der Waals surface area contributed by atoms with Crippen LogP contribution in [0.3, 0.4) is 0 Å². The average Bonchev–Trinajstić information content (AvgIpc) is 3.09. The van der Waals surface area contributed by atoms with Gasteiger partial charge in [0.2, 0.25) is 5.91 Å². The van der Waals surface area contributed by atoms with Crippen LogP contribution in [0.2, 0.25) is 0 Å². The minimum atomic E-state index is -1.78. The van der Waals surface area contributed by atoms with E-state index in [-0.39, 0.29) is 29.6 Å². The van der Waals surface area contributed by atoms with E-state index < -0.39 is 35.1 Å². The molecule has 2 fully saturated rings. The highest BCUT2D eigenvalue weighted by molar-refractivity contribution is 5.91. The molecular weight excluding hydrogens is 430 g/mol. The van der Waals surface area contributed by atoms with Crippen molar-refractivity contribution in [3.05, 3.63) is 72.4 Å². The smallest absolute Gasteiger partial charge is 0.230 e. The highest BCUT2D eigenvalue weighted by atomic mass is 16.3. The number of hydrogen-bond acceptors (Lipinski definition) is 5. The second-order valence-corrected chi connectivity index (χ2v) is 10.4. The molecule has 3 aliphatic rings. The first-order valence-electron chi connectivity index (χ1n) is 12.0. The summed E-state index contributed by atoms with van der Waals surface area (Å²) in [4.78, 5) is 26.6. The van der Waals surface area contributed by atoms with Crippen LogP contribution in [0, 0.1) is 29.1 Å². The van der Waals surface area contributed by atoms with E-state index in [0.717, 1.165) is 5.56 Å². The van der Waals surface area contributed by atoms with E-state index in [9.17, 15) is 24.9 Å². The lowest BCUT2D eigenvalue weighted by molar-refractivity contribution is -0.147. The Morgan fingerprint density at radius 3 is 2.47 bits per heavy atom. The molecule has 1 spiro atoms. The van der Waals surface area contributed by atoms with Gasteiger partial charge >= 0.3 is 0 Å². The summed E-state index contributed by atoms with van der Waals surface area (Å²) in [5, 5.41) is 36.8. The molecule has 4 rings (SSSR count). The number of Topliss-reactive ketones (excluding diaryl/α,β-unsaturated/α-hetero) is 1. The molecule has 0 radical (unpaired) electrons. The van der Waals surface area contributed by atoms with Gasteiger partial charge in [0.25, 0.3) is 0 Å². The first kappa shape index (κ1) is 24.6. The molecule has 1 unspecified atom stereocenters. The van der Waals surface area contributed by atoms with Crippen LogP contribution in [0.15, 0.2) is 66.8 Å². The topological polar surface area (TPSA) is 107 Å². The molecule has 1 aliphatic heterocycles. The largest absolute Gasteiger partial charge is 0.388 e. The third kappa shape index (κ3) is 3.78. The number of nitrogens with one attached hydrogen (secondary N) is 1. The molecule has 9 atom stereocenters. The zero-order valence-electron chi connectivity index (χ0n) is 20.0. The number of carbonyl (C=O) groups is 2. The van der Waals surface area contributed by atoms with Crippen molar-refractivity contribution >= 4 is 11.7 Å². The number of amides is 1. The Labute approximate surface area is 201 Å². The van der Waals surface area contributed by atoms with Crippen molar-refractivity contribution < 1.29 is 24.9 Å². The summed E-state index contributed by atoms with van der Waals surface area (Å²) in [5.41, 5.74) is -1.46. The lowest BCUT2D eigenvalue weighted by atomic mass is 9.51. The molecule has 4 N–H and O–H groups in total. The standard InChI is InChI=1S/C28H35NO5/c1-16-9-8-12-20-24(31)18(3)17(2)23-21(15-19-10-6-5-7-11-19)29-26(33)28(20,23)22(30)13-14-27(4,34)25(16)32/h5-8,10-14,16-17,20-24,30-31,34H,3,9,15H2,1-2,4H3,(H,29,33)/t16?,17-,20+,21-,22-,23+,24-,27-,28+/m1/s1.